The Bertz CT molecular complexity index is 613. The van der Waals surface area contributed by atoms with Crippen molar-refractivity contribution in [1.29, 1.82) is 0 Å². The summed E-state index contributed by atoms with van der Waals surface area (Å²) in [7, 11) is 0. The number of rotatable bonds is 5. The first-order chi connectivity index (χ1) is 9.36. The molecule has 0 fully saturated rings. The molecule has 98 valence electrons. The van der Waals surface area contributed by atoms with E-state index in [1.165, 1.54) is 11.0 Å². The number of likely N-dealkylation sites (N-methyl/N-ethyl adjacent to an activating group) is 1. The molecule has 1 aromatic carbocycles. The molecule has 2 heterocycles. The molecule has 0 spiro atoms. The zero-order valence-electron chi connectivity index (χ0n) is 10.6. The van der Waals surface area contributed by atoms with Crippen LogP contribution in [0, 0.1) is 0 Å². The molecule has 2 N–H and O–H groups in total. The van der Waals surface area contributed by atoms with Gasteiger partial charge in [-0.15, -0.1) is 11.3 Å². The Balaban J connectivity index is 1.85. The molecule has 0 radical (unpaired) electrons. The van der Waals surface area contributed by atoms with Crippen molar-refractivity contribution < 1.29 is 0 Å². The van der Waals surface area contributed by atoms with Crippen LogP contribution < -0.4 is 5.32 Å². The van der Waals surface area contributed by atoms with E-state index in [0.29, 0.717) is 0 Å². The number of hydrogen-bond donors (Lipinski definition) is 2. The van der Waals surface area contributed by atoms with Crippen molar-refractivity contribution >= 4 is 21.6 Å². The van der Waals surface area contributed by atoms with E-state index in [4.69, 9.17) is 0 Å². The molecule has 2 aromatic heterocycles. The first-order valence-corrected chi connectivity index (χ1v) is 7.11. The number of hydrogen-bond acceptors (Lipinski definition) is 5. The maximum Gasteiger partial charge on any atom is 0.141 e. The molecule has 6 heteroatoms. The Morgan fingerprint density at radius 1 is 1.37 bits per heavy atom. The lowest BCUT2D eigenvalue weighted by Gasteiger charge is -2.13. The molecule has 1 unspecified atom stereocenters. The first-order valence-electron chi connectivity index (χ1n) is 6.30. The Morgan fingerprint density at radius 3 is 3.00 bits per heavy atom. The lowest BCUT2D eigenvalue weighted by molar-refractivity contribution is 0.523. The third-order valence-corrected chi connectivity index (χ3v) is 3.99. The fraction of sp³-hybridized carbons (Fsp3) is 0.308. The van der Waals surface area contributed by atoms with Gasteiger partial charge in [-0.05, 0) is 18.7 Å². The van der Waals surface area contributed by atoms with E-state index in [1.54, 1.807) is 11.3 Å². The van der Waals surface area contributed by atoms with Gasteiger partial charge in [0.25, 0.3) is 0 Å². The zero-order valence-corrected chi connectivity index (χ0v) is 11.4. The van der Waals surface area contributed by atoms with Crippen molar-refractivity contribution in [3.8, 4) is 0 Å². The summed E-state index contributed by atoms with van der Waals surface area (Å²) in [4.78, 5) is 8.89. The van der Waals surface area contributed by atoms with Gasteiger partial charge in [-0.3, -0.25) is 5.10 Å². The van der Waals surface area contributed by atoms with E-state index in [1.807, 2.05) is 18.2 Å². The molecular weight excluding hydrogens is 258 g/mol. The fourth-order valence-electron chi connectivity index (χ4n) is 2.08. The summed E-state index contributed by atoms with van der Waals surface area (Å²) in [6.07, 6.45) is 2.36. The Labute approximate surface area is 115 Å². The number of aromatic amines is 1. The standard InChI is InChI=1S/C13H15N5S/c1-2-14-10(13-15-8-16-18-13)7-12-17-9-5-3-4-6-11(9)19-12/h3-6,8,10,14H,2,7H2,1H3,(H,15,16,18). The highest BCUT2D eigenvalue weighted by atomic mass is 32.1. The largest absolute Gasteiger partial charge is 0.307 e. The third kappa shape index (κ3) is 2.64. The summed E-state index contributed by atoms with van der Waals surface area (Å²) < 4.78 is 1.23. The minimum absolute atomic E-state index is 0.132. The molecule has 19 heavy (non-hydrogen) atoms. The van der Waals surface area contributed by atoms with Crippen LogP contribution in [0.5, 0.6) is 0 Å². The van der Waals surface area contributed by atoms with E-state index in [9.17, 15) is 0 Å². The van der Waals surface area contributed by atoms with Crippen LogP contribution in [0.2, 0.25) is 0 Å². The molecule has 1 atom stereocenters. The Kier molecular flexibility index (Phi) is 3.52. The summed E-state index contributed by atoms with van der Waals surface area (Å²) in [5.74, 6) is 0.862. The number of benzene rings is 1. The van der Waals surface area contributed by atoms with Crippen LogP contribution in [-0.4, -0.2) is 26.7 Å². The predicted octanol–water partition coefficient (Wildman–Crippen LogP) is 2.31. The SMILES string of the molecule is CCNC(Cc1nc2ccccc2s1)c1ncn[nH]1. The normalized spacial score (nSPS) is 12.9. The van der Waals surface area contributed by atoms with E-state index in [-0.39, 0.29) is 6.04 Å². The highest BCUT2D eigenvalue weighted by molar-refractivity contribution is 7.18. The van der Waals surface area contributed by atoms with Gasteiger partial charge in [0, 0.05) is 6.42 Å². The Hall–Kier alpha value is -1.79. The highest BCUT2D eigenvalue weighted by Gasteiger charge is 2.16. The van der Waals surface area contributed by atoms with Crippen molar-refractivity contribution in [2.75, 3.05) is 6.54 Å². The van der Waals surface area contributed by atoms with E-state index in [2.05, 4.69) is 38.5 Å². The van der Waals surface area contributed by atoms with Gasteiger partial charge >= 0.3 is 0 Å². The molecule has 0 aliphatic rings. The van der Waals surface area contributed by atoms with Crippen molar-refractivity contribution in [1.82, 2.24) is 25.5 Å². The molecule has 3 rings (SSSR count). The maximum absolute atomic E-state index is 4.66. The van der Waals surface area contributed by atoms with Crippen LogP contribution in [-0.2, 0) is 6.42 Å². The number of nitrogens with zero attached hydrogens (tertiary/aromatic N) is 3. The molecule has 3 aromatic rings. The summed E-state index contributed by atoms with van der Waals surface area (Å²) in [6, 6.07) is 8.35. The molecule has 0 bridgehead atoms. The van der Waals surface area contributed by atoms with Gasteiger partial charge in [0.05, 0.1) is 21.3 Å². The predicted molar refractivity (Wildman–Crippen MR) is 76.1 cm³/mol. The van der Waals surface area contributed by atoms with Crippen LogP contribution in [0.1, 0.15) is 23.8 Å². The molecule has 0 aliphatic carbocycles. The number of aromatic nitrogens is 4. The van der Waals surface area contributed by atoms with Gasteiger partial charge in [-0.25, -0.2) is 9.97 Å². The van der Waals surface area contributed by atoms with E-state index >= 15 is 0 Å². The fourth-order valence-corrected chi connectivity index (χ4v) is 3.09. The van der Waals surface area contributed by atoms with Gasteiger partial charge in [-0.1, -0.05) is 19.1 Å². The van der Waals surface area contributed by atoms with Gasteiger partial charge in [0.1, 0.15) is 12.2 Å². The molecule has 0 saturated carbocycles. The van der Waals surface area contributed by atoms with E-state index in [0.717, 1.165) is 29.3 Å². The van der Waals surface area contributed by atoms with Crippen molar-refractivity contribution in [2.45, 2.75) is 19.4 Å². The van der Waals surface area contributed by atoms with Crippen LogP contribution in [0.15, 0.2) is 30.6 Å². The van der Waals surface area contributed by atoms with Gasteiger partial charge in [0.2, 0.25) is 0 Å². The summed E-state index contributed by atoms with van der Waals surface area (Å²) >= 11 is 1.74. The van der Waals surface area contributed by atoms with Gasteiger partial charge in [-0.2, -0.15) is 5.10 Å². The number of para-hydroxylation sites is 1. The molecule has 0 amide bonds. The highest BCUT2D eigenvalue weighted by Crippen LogP contribution is 2.25. The maximum atomic E-state index is 4.66. The quantitative estimate of drug-likeness (QED) is 0.748. The van der Waals surface area contributed by atoms with E-state index < -0.39 is 0 Å². The van der Waals surface area contributed by atoms with Crippen LogP contribution in [0.25, 0.3) is 10.2 Å². The zero-order chi connectivity index (χ0) is 13.1. The summed E-state index contributed by atoms with van der Waals surface area (Å²) in [6.45, 7) is 2.97. The second-order valence-electron chi connectivity index (χ2n) is 4.26. The molecule has 0 saturated heterocycles. The smallest absolute Gasteiger partial charge is 0.141 e. The number of H-pyrrole nitrogens is 1. The number of thiazole rings is 1. The second kappa shape index (κ2) is 5.46. The molecular formula is C13H15N5S. The van der Waals surface area contributed by atoms with Crippen LogP contribution in [0.4, 0.5) is 0 Å². The lowest BCUT2D eigenvalue weighted by atomic mass is 10.2. The Morgan fingerprint density at radius 2 is 2.26 bits per heavy atom. The van der Waals surface area contributed by atoms with Gasteiger partial charge < -0.3 is 5.32 Å². The van der Waals surface area contributed by atoms with Crippen molar-refractivity contribution in [3.63, 3.8) is 0 Å². The average molecular weight is 273 g/mol. The topological polar surface area (TPSA) is 66.5 Å². The monoisotopic (exact) mass is 273 g/mol. The third-order valence-electron chi connectivity index (χ3n) is 2.93. The minimum Gasteiger partial charge on any atom is -0.307 e. The average Bonchev–Trinajstić information content (AvgIpc) is 3.07. The number of nitrogens with one attached hydrogen (secondary N) is 2. The van der Waals surface area contributed by atoms with Crippen LogP contribution >= 0.6 is 11.3 Å². The molecule has 5 nitrogen and oxygen atoms in total. The van der Waals surface area contributed by atoms with Crippen molar-refractivity contribution in [3.05, 3.63) is 41.4 Å². The summed E-state index contributed by atoms with van der Waals surface area (Å²) in [5, 5.41) is 11.4. The lowest BCUT2D eigenvalue weighted by Crippen LogP contribution is -2.24. The second-order valence-corrected chi connectivity index (χ2v) is 5.38. The summed E-state index contributed by atoms with van der Waals surface area (Å²) in [5.41, 5.74) is 1.07. The van der Waals surface area contributed by atoms with Crippen molar-refractivity contribution in [2.24, 2.45) is 0 Å². The first kappa shape index (κ1) is 12.3. The molecule has 0 aliphatic heterocycles. The van der Waals surface area contributed by atoms with Gasteiger partial charge in [0.15, 0.2) is 0 Å². The minimum atomic E-state index is 0.132. The number of fused-ring (bicyclic) bond motifs is 1. The van der Waals surface area contributed by atoms with Crippen LogP contribution in [0.3, 0.4) is 0 Å².